The van der Waals surface area contributed by atoms with Gasteiger partial charge in [0, 0.05) is 35.9 Å². The van der Waals surface area contributed by atoms with Crippen LogP contribution in [-0.4, -0.2) is 56.1 Å². The van der Waals surface area contributed by atoms with Crippen LogP contribution in [0.25, 0.3) is 0 Å². The molecule has 7 nitrogen and oxygen atoms in total. The molecule has 1 aromatic heterocycles. The molecule has 3 rings (SSSR count). The van der Waals surface area contributed by atoms with Crippen LogP contribution in [-0.2, 0) is 11.3 Å². The number of rotatable bonds is 6. The number of tetrazole rings is 1. The number of benzene rings is 1. The Bertz CT molecular complexity index is 734. The summed E-state index contributed by atoms with van der Waals surface area (Å²) in [6, 6.07) is 7.69. The van der Waals surface area contributed by atoms with E-state index in [0.29, 0.717) is 26.1 Å². The quantitative estimate of drug-likeness (QED) is 0.579. The average Bonchev–Trinajstić information content (AvgIpc) is 3.19. The van der Waals surface area contributed by atoms with Crippen molar-refractivity contribution in [2.24, 2.45) is 5.92 Å². The van der Waals surface area contributed by atoms with Crippen molar-refractivity contribution >= 4 is 23.5 Å². The Hall–Kier alpha value is -2.22. The molecule has 1 atom stereocenters. The van der Waals surface area contributed by atoms with Gasteiger partial charge in [-0.3, -0.25) is 9.59 Å². The summed E-state index contributed by atoms with van der Waals surface area (Å²) in [5, 5.41) is 10.9. The Morgan fingerprint density at radius 1 is 1.32 bits per heavy atom. The van der Waals surface area contributed by atoms with Crippen LogP contribution >= 0.6 is 11.8 Å². The number of ketones is 1. The fraction of sp³-hybridized carbons (Fsp3) is 0.471. The van der Waals surface area contributed by atoms with Crippen LogP contribution in [0.15, 0.2) is 35.5 Å². The Kier molecular flexibility index (Phi) is 5.80. The van der Waals surface area contributed by atoms with Gasteiger partial charge in [-0.2, -0.15) is 0 Å². The van der Waals surface area contributed by atoms with E-state index >= 15 is 0 Å². The van der Waals surface area contributed by atoms with Crippen molar-refractivity contribution in [2.75, 3.05) is 19.3 Å². The van der Waals surface area contributed by atoms with Gasteiger partial charge in [-0.05, 0) is 35.6 Å². The fourth-order valence-electron chi connectivity index (χ4n) is 3.14. The van der Waals surface area contributed by atoms with Gasteiger partial charge in [0.15, 0.2) is 5.78 Å². The molecule has 0 spiro atoms. The topological polar surface area (TPSA) is 81.0 Å². The largest absolute Gasteiger partial charge is 0.342 e. The van der Waals surface area contributed by atoms with E-state index in [-0.39, 0.29) is 17.6 Å². The number of Topliss-reactive ketones (excluding diaryl/α,β-unsaturated/α-hetero) is 1. The van der Waals surface area contributed by atoms with Crippen molar-refractivity contribution in [3.05, 3.63) is 36.2 Å². The molecule has 0 radical (unpaired) electrons. The molecule has 1 saturated heterocycles. The molecule has 1 fully saturated rings. The number of piperidine rings is 1. The molecular weight excluding hydrogens is 338 g/mol. The molecule has 1 aromatic carbocycles. The standard InChI is InChI=1S/C17H21N5O2S/c1-25-15-7-3-2-6-14(15)17(24)13-5-4-9-21(11-13)16(23)8-10-22-12-18-19-20-22/h2-3,6-7,12-13H,4-5,8-11H2,1H3/t13-/m0/s1. The van der Waals surface area contributed by atoms with Gasteiger partial charge in [-0.1, -0.05) is 18.2 Å². The lowest BCUT2D eigenvalue weighted by molar-refractivity contribution is -0.132. The Morgan fingerprint density at radius 2 is 2.16 bits per heavy atom. The zero-order chi connectivity index (χ0) is 17.6. The number of carbonyl (C=O) groups is 2. The number of aromatic nitrogens is 4. The molecule has 0 aliphatic carbocycles. The van der Waals surface area contributed by atoms with Gasteiger partial charge >= 0.3 is 0 Å². The number of likely N-dealkylation sites (tertiary alicyclic amines) is 1. The van der Waals surface area contributed by atoms with Crippen molar-refractivity contribution in [1.29, 1.82) is 0 Å². The lowest BCUT2D eigenvalue weighted by Gasteiger charge is -2.32. The second kappa shape index (κ2) is 8.24. The minimum atomic E-state index is -0.126. The van der Waals surface area contributed by atoms with Crippen LogP contribution in [0, 0.1) is 5.92 Å². The van der Waals surface area contributed by atoms with E-state index in [0.717, 1.165) is 23.3 Å². The maximum atomic E-state index is 12.9. The number of hydrogen-bond acceptors (Lipinski definition) is 6. The molecule has 1 amide bonds. The molecule has 2 heterocycles. The molecule has 1 aliphatic heterocycles. The molecule has 2 aromatic rings. The summed E-state index contributed by atoms with van der Waals surface area (Å²) in [5.41, 5.74) is 0.767. The Balaban J connectivity index is 1.62. The molecule has 0 unspecified atom stereocenters. The maximum Gasteiger partial charge on any atom is 0.224 e. The molecule has 25 heavy (non-hydrogen) atoms. The highest BCUT2D eigenvalue weighted by atomic mass is 32.2. The smallest absolute Gasteiger partial charge is 0.224 e. The second-order valence-electron chi connectivity index (χ2n) is 6.07. The van der Waals surface area contributed by atoms with E-state index in [1.54, 1.807) is 21.3 Å². The van der Waals surface area contributed by atoms with Crippen molar-refractivity contribution in [2.45, 2.75) is 30.7 Å². The van der Waals surface area contributed by atoms with Gasteiger partial charge in [-0.25, -0.2) is 4.68 Å². The first-order valence-electron chi connectivity index (χ1n) is 8.35. The SMILES string of the molecule is CSc1ccccc1C(=O)[C@H]1CCCN(C(=O)CCn2cnnn2)C1. The maximum absolute atomic E-state index is 12.9. The third-order valence-corrected chi connectivity index (χ3v) is 5.26. The number of hydrogen-bond donors (Lipinski definition) is 0. The molecule has 0 saturated carbocycles. The third-order valence-electron chi connectivity index (χ3n) is 4.46. The fourth-order valence-corrected chi connectivity index (χ4v) is 3.74. The monoisotopic (exact) mass is 359 g/mol. The van der Waals surface area contributed by atoms with Gasteiger partial charge < -0.3 is 4.90 Å². The highest BCUT2D eigenvalue weighted by molar-refractivity contribution is 7.98. The predicted octanol–water partition coefficient (Wildman–Crippen LogP) is 1.91. The lowest BCUT2D eigenvalue weighted by Crippen LogP contribution is -2.42. The van der Waals surface area contributed by atoms with Crippen molar-refractivity contribution in [3.8, 4) is 0 Å². The number of aryl methyl sites for hydroxylation is 1. The minimum Gasteiger partial charge on any atom is -0.342 e. The van der Waals surface area contributed by atoms with Gasteiger partial charge in [0.1, 0.15) is 6.33 Å². The van der Waals surface area contributed by atoms with Gasteiger partial charge in [0.2, 0.25) is 5.91 Å². The summed E-state index contributed by atoms with van der Waals surface area (Å²) in [5.74, 6) is 0.0631. The first kappa shape index (κ1) is 17.6. The van der Waals surface area contributed by atoms with Crippen LogP contribution < -0.4 is 0 Å². The van der Waals surface area contributed by atoms with Gasteiger partial charge in [0.05, 0.1) is 6.54 Å². The number of amides is 1. The number of nitrogens with zero attached hydrogens (tertiary/aromatic N) is 5. The van der Waals surface area contributed by atoms with E-state index in [2.05, 4.69) is 15.5 Å². The van der Waals surface area contributed by atoms with Gasteiger partial charge in [0.25, 0.3) is 0 Å². The Morgan fingerprint density at radius 3 is 2.92 bits per heavy atom. The summed E-state index contributed by atoms with van der Waals surface area (Å²) in [6.45, 7) is 1.66. The van der Waals surface area contributed by atoms with E-state index in [9.17, 15) is 9.59 Å². The summed E-state index contributed by atoms with van der Waals surface area (Å²) in [6.07, 6.45) is 5.50. The van der Waals surface area contributed by atoms with Crippen molar-refractivity contribution in [3.63, 3.8) is 0 Å². The highest BCUT2D eigenvalue weighted by Gasteiger charge is 2.29. The molecule has 8 heteroatoms. The molecule has 0 N–H and O–H groups in total. The van der Waals surface area contributed by atoms with E-state index in [4.69, 9.17) is 0 Å². The molecule has 132 valence electrons. The van der Waals surface area contributed by atoms with E-state index in [1.807, 2.05) is 30.5 Å². The van der Waals surface area contributed by atoms with Gasteiger partial charge in [-0.15, -0.1) is 16.9 Å². The normalized spacial score (nSPS) is 17.5. The zero-order valence-corrected chi connectivity index (χ0v) is 15.0. The van der Waals surface area contributed by atoms with Crippen LogP contribution in [0.2, 0.25) is 0 Å². The molecule has 1 aliphatic rings. The Labute approximate surface area is 150 Å². The summed E-state index contributed by atoms with van der Waals surface area (Å²) in [4.78, 5) is 28.2. The van der Waals surface area contributed by atoms with Crippen LogP contribution in [0.5, 0.6) is 0 Å². The predicted molar refractivity (Wildman–Crippen MR) is 94.3 cm³/mol. The lowest BCUT2D eigenvalue weighted by atomic mass is 9.90. The highest BCUT2D eigenvalue weighted by Crippen LogP contribution is 2.27. The summed E-state index contributed by atoms with van der Waals surface area (Å²) < 4.78 is 1.54. The van der Waals surface area contributed by atoms with Crippen molar-refractivity contribution < 1.29 is 9.59 Å². The number of carbonyl (C=O) groups excluding carboxylic acids is 2. The average molecular weight is 359 g/mol. The van der Waals surface area contributed by atoms with E-state index < -0.39 is 0 Å². The van der Waals surface area contributed by atoms with Crippen molar-refractivity contribution in [1.82, 2.24) is 25.1 Å². The third kappa shape index (κ3) is 4.25. The summed E-state index contributed by atoms with van der Waals surface area (Å²) in [7, 11) is 0. The van der Waals surface area contributed by atoms with E-state index in [1.165, 1.54) is 6.33 Å². The molecule has 0 bridgehead atoms. The van der Waals surface area contributed by atoms with Crippen LogP contribution in [0.1, 0.15) is 29.6 Å². The first-order valence-corrected chi connectivity index (χ1v) is 9.57. The zero-order valence-electron chi connectivity index (χ0n) is 14.2. The van der Waals surface area contributed by atoms with Crippen LogP contribution in [0.4, 0.5) is 0 Å². The van der Waals surface area contributed by atoms with Crippen LogP contribution in [0.3, 0.4) is 0 Å². The molecular formula is C17H21N5O2S. The summed E-state index contributed by atoms with van der Waals surface area (Å²) >= 11 is 1.58. The first-order chi connectivity index (χ1) is 12.2. The second-order valence-corrected chi connectivity index (χ2v) is 6.91. The number of thioether (sulfide) groups is 1. The minimum absolute atomic E-state index is 0.0474.